The van der Waals surface area contributed by atoms with Crippen molar-refractivity contribution in [3.05, 3.63) is 11.9 Å². The molecule has 1 saturated heterocycles. The van der Waals surface area contributed by atoms with Gasteiger partial charge in [-0.3, -0.25) is 9.48 Å². The molecule has 0 saturated carbocycles. The Hall–Kier alpha value is -1.50. The molecule has 20 heavy (non-hydrogen) atoms. The molecule has 1 amide bonds. The number of fused-ring (bicyclic) bond motifs is 1. The molecule has 0 bridgehead atoms. The second-order valence-corrected chi connectivity index (χ2v) is 6.37. The van der Waals surface area contributed by atoms with Crippen LogP contribution in [0.15, 0.2) is 6.20 Å². The molecule has 0 N–H and O–H groups in total. The third-order valence-electron chi connectivity index (χ3n) is 3.81. The van der Waals surface area contributed by atoms with Gasteiger partial charge in [-0.2, -0.15) is 22.0 Å². The molecule has 0 aliphatic carbocycles. The van der Waals surface area contributed by atoms with Crippen molar-refractivity contribution in [2.75, 3.05) is 24.6 Å². The second kappa shape index (κ2) is 5.12. The first-order valence-corrected chi connectivity index (χ1v) is 7.98. The molecule has 0 unspecified atom stereocenters. The number of hydrogen-bond acceptors (Lipinski definition) is 4. The van der Waals surface area contributed by atoms with E-state index in [9.17, 15) is 4.79 Å². The van der Waals surface area contributed by atoms with E-state index in [1.54, 1.807) is 6.20 Å². The van der Waals surface area contributed by atoms with Crippen molar-refractivity contribution in [2.24, 2.45) is 7.05 Å². The zero-order chi connectivity index (χ0) is 14.3. The van der Waals surface area contributed by atoms with Crippen LogP contribution in [0.4, 0.5) is 0 Å². The van der Waals surface area contributed by atoms with Gasteiger partial charge in [-0.1, -0.05) is 0 Å². The fourth-order valence-electron chi connectivity index (χ4n) is 2.71. The zero-order valence-corrected chi connectivity index (χ0v) is 12.9. The lowest BCUT2D eigenvalue weighted by atomic mass is 10.2. The summed E-state index contributed by atoms with van der Waals surface area (Å²) in [5.41, 5.74) is 2.84. The first-order chi connectivity index (χ1) is 9.59. The van der Waals surface area contributed by atoms with Crippen LogP contribution in [0.1, 0.15) is 18.7 Å². The van der Waals surface area contributed by atoms with E-state index in [0.29, 0.717) is 0 Å². The van der Waals surface area contributed by atoms with Gasteiger partial charge in [0, 0.05) is 31.6 Å². The minimum absolute atomic E-state index is 0.151. The predicted molar refractivity (Wildman–Crippen MR) is 79.9 cm³/mol. The summed E-state index contributed by atoms with van der Waals surface area (Å²) in [6.45, 7) is 5.55. The number of rotatable bonds is 2. The monoisotopic (exact) mass is 293 g/mol. The molecule has 1 aliphatic heterocycles. The van der Waals surface area contributed by atoms with Gasteiger partial charge in [-0.25, -0.2) is 4.68 Å². The number of hydrogen-bond donors (Lipinski definition) is 0. The van der Waals surface area contributed by atoms with Gasteiger partial charge in [0.1, 0.15) is 17.1 Å². The first-order valence-electron chi connectivity index (χ1n) is 6.83. The van der Waals surface area contributed by atoms with E-state index in [0.717, 1.165) is 41.3 Å². The molecule has 1 aliphatic rings. The number of nitrogens with zero attached hydrogens (tertiary/aromatic N) is 5. The van der Waals surface area contributed by atoms with Crippen LogP contribution in [-0.2, 0) is 11.8 Å². The van der Waals surface area contributed by atoms with Crippen LogP contribution in [-0.4, -0.2) is 55.0 Å². The van der Waals surface area contributed by atoms with E-state index in [4.69, 9.17) is 0 Å². The standard InChI is InChI=1S/C13H19N5OS/c1-9-12-11(16(3)15-9)8-14-18(12)10(2)13(19)17-4-6-20-7-5-17/h8,10H,4-7H2,1-3H3/t10-/m0/s1. The van der Waals surface area contributed by atoms with E-state index in [-0.39, 0.29) is 11.9 Å². The van der Waals surface area contributed by atoms with Gasteiger partial charge in [0.25, 0.3) is 0 Å². The Morgan fingerprint density at radius 2 is 2.10 bits per heavy atom. The average molecular weight is 293 g/mol. The average Bonchev–Trinajstić information content (AvgIpc) is 3.01. The van der Waals surface area contributed by atoms with Gasteiger partial charge in [0.2, 0.25) is 5.91 Å². The molecular formula is C13H19N5OS. The van der Waals surface area contributed by atoms with E-state index < -0.39 is 0 Å². The topological polar surface area (TPSA) is 56.0 Å². The minimum atomic E-state index is -0.279. The van der Waals surface area contributed by atoms with Crippen LogP contribution in [0.2, 0.25) is 0 Å². The summed E-state index contributed by atoms with van der Waals surface area (Å²) < 4.78 is 3.62. The molecule has 6 nitrogen and oxygen atoms in total. The minimum Gasteiger partial charge on any atom is -0.339 e. The molecule has 0 spiro atoms. The Bertz CT molecular complexity index is 641. The third kappa shape index (κ3) is 2.09. The normalized spacial score (nSPS) is 17.6. The molecule has 108 valence electrons. The highest BCUT2D eigenvalue weighted by Gasteiger charge is 2.26. The Morgan fingerprint density at radius 3 is 2.80 bits per heavy atom. The summed E-state index contributed by atoms with van der Waals surface area (Å²) in [5.74, 6) is 2.20. The maximum absolute atomic E-state index is 12.6. The summed E-state index contributed by atoms with van der Waals surface area (Å²) in [5, 5.41) is 8.79. The predicted octanol–water partition coefficient (Wildman–Crippen LogP) is 1.21. The van der Waals surface area contributed by atoms with Crippen molar-refractivity contribution in [1.29, 1.82) is 0 Å². The molecule has 1 fully saturated rings. The third-order valence-corrected chi connectivity index (χ3v) is 4.76. The van der Waals surface area contributed by atoms with Crippen molar-refractivity contribution >= 4 is 28.7 Å². The number of amides is 1. The highest BCUT2D eigenvalue weighted by atomic mass is 32.2. The summed E-state index contributed by atoms with van der Waals surface area (Å²) in [6, 6.07) is -0.279. The first kappa shape index (κ1) is 13.5. The van der Waals surface area contributed by atoms with Gasteiger partial charge in [-0.05, 0) is 13.8 Å². The summed E-state index contributed by atoms with van der Waals surface area (Å²) in [4.78, 5) is 14.5. The molecule has 2 aromatic heterocycles. The second-order valence-electron chi connectivity index (χ2n) is 5.15. The van der Waals surface area contributed by atoms with E-state index >= 15 is 0 Å². The Morgan fingerprint density at radius 1 is 1.40 bits per heavy atom. The fourth-order valence-corrected chi connectivity index (χ4v) is 3.62. The molecule has 3 heterocycles. The van der Waals surface area contributed by atoms with Crippen LogP contribution in [0.25, 0.3) is 11.0 Å². The van der Waals surface area contributed by atoms with Gasteiger partial charge in [0.15, 0.2) is 0 Å². The SMILES string of the molecule is Cc1nn(C)c2cnn([C@@H](C)C(=O)N3CCSCC3)c12. The smallest absolute Gasteiger partial charge is 0.247 e. The lowest BCUT2D eigenvalue weighted by Crippen LogP contribution is -2.41. The van der Waals surface area contributed by atoms with Gasteiger partial charge in [0.05, 0.1) is 11.9 Å². The zero-order valence-electron chi connectivity index (χ0n) is 12.0. The number of aryl methyl sites for hydroxylation is 2. The van der Waals surface area contributed by atoms with E-state index in [2.05, 4.69) is 10.2 Å². The summed E-state index contributed by atoms with van der Waals surface area (Å²) >= 11 is 1.90. The Kier molecular flexibility index (Phi) is 3.45. The Labute approximate surface area is 122 Å². The quantitative estimate of drug-likeness (QED) is 0.835. The number of carbonyl (C=O) groups is 1. The van der Waals surface area contributed by atoms with Gasteiger partial charge < -0.3 is 4.90 Å². The number of thioether (sulfide) groups is 1. The van der Waals surface area contributed by atoms with Gasteiger partial charge in [-0.15, -0.1) is 0 Å². The van der Waals surface area contributed by atoms with Crippen molar-refractivity contribution < 1.29 is 4.79 Å². The lowest BCUT2D eigenvalue weighted by molar-refractivity contribution is -0.134. The molecule has 2 aromatic rings. The highest BCUT2D eigenvalue weighted by molar-refractivity contribution is 7.99. The maximum atomic E-state index is 12.6. The van der Waals surface area contributed by atoms with Crippen LogP contribution in [0, 0.1) is 6.92 Å². The summed E-state index contributed by atoms with van der Waals surface area (Å²) in [7, 11) is 1.90. The van der Waals surface area contributed by atoms with Crippen molar-refractivity contribution in [3.8, 4) is 0 Å². The van der Waals surface area contributed by atoms with Crippen LogP contribution >= 0.6 is 11.8 Å². The number of carbonyl (C=O) groups excluding carboxylic acids is 1. The van der Waals surface area contributed by atoms with Crippen LogP contribution in [0.3, 0.4) is 0 Å². The van der Waals surface area contributed by atoms with Crippen molar-refractivity contribution in [2.45, 2.75) is 19.9 Å². The molecule has 0 radical (unpaired) electrons. The fraction of sp³-hybridized carbons (Fsp3) is 0.615. The van der Waals surface area contributed by atoms with Crippen molar-refractivity contribution in [3.63, 3.8) is 0 Å². The highest BCUT2D eigenvalue weighted by Crippen LogP contribution is 2.22. The van der Waals surface area contributed by atoms with Crippen molar-refractivity contribution in [1.82, 2.24) is 24.5 Å². The molecule has 3 rings (SSSR count). The molecule has 0 aromatic carbocycles. The summed E-state index contributed by atoms with van der Waals surface area (Å²) in [6.07, 6.45) is 1.78. The lowest BCUT2D eigenvalue weighted by Gasteiger charge is -2.29. The molecule has 7 heteroatoms. The maximum Gasteiger partial charge on any atom is 0.247 e. The molecule has 1 atom stereocenters. The van der Waals surface area contributed by atoms with Crippen LogP contribution < -0.4 is 0 Å². The van der Waals surface area contributed by atoms with E-state index in [1.165, 1.54) is 0 Å². The Balaban J connectivity index is 1.91. The molecular weight excluding hydrogens is 274 g/mol. The van der Waals surface area contributed by atoms with Crippen LogP contribution in [0.5, 0.6) is 0 Å². The number of aromatic nitrogens is 4. The van der Waals surface area contributed by atoms with E-state index in [1.807, 2.05) is 46.9 Å². The van der Waals surface area contributed by atoms with Gasteiger partial charge >= 0.3 is 0 Å². The largest absolute Gasteiger partial charge is 0.339 e.